The normalized spacial score (nSPS) is 14.2. The van der Waals surface area contributed by atoms with E-state index in [1.807, 2.05) is 0 Å². The van der Waals surface area contributed by atoms with E-state index in [1.54, 1.807) is 44.6 Å². The van der Waals surface area contributed by atoms with Crippen LogP contribution in [-0.4, -0.2) is 64.4 Å². The standard InChI is InChI=1S/C21H27FN4O3.HI/c1-27-18-13-19(28-2)15-20(14-18)29-12-7-24-21(23)26-10-8-25(9-11-26)17-5-3-16(22)4-6-17;/h3-6,13-15H,7-12H2,1-2H3,(H2,23,24);1H. The molecule has 1 aliphatic rings. The van der Waals surface area contributed by atoms with Crippen LogP contribution in [0.25, 0.3) is 0 Å². The zero-order valence-corrected chi connectivity index (χ0v) is 19.5. The smallest absolute Gasteiger partial charge is 0.191 e. The highest BCUT2D eigenvalue weighted by Gasteiger charge is 2.18. The number of hydrogen-bond donors (Lipinski definition) is 1. The Morgan fingerprint density at radius 1 is 0.967 bits per heavy atom. The van der Waals surface area contributed by atoms with Crippen LogP contribution in [0.1, 0.15) is 0 Å². The molecule has 0 bridgehead atoms. The van der Waals surface area contributed by atoms with Crippen molar-refractivity contribution in [3.63, 3.8) is 0 Å². The predicted octanol–water partition coefficient (Wildman–Crippen LogP) is 2.98. The Balaban J connectivity index is 0.00000320. The topological polar surface area (TPSA) is 72.5 Å². The second-order valence-electron chi connectivity index (χ2n) is 6.59. The Morgan fingerprint density at radius 3 is 2.10 bits per heavy atom. The zero-order valence-electron chi connectivity index (χ0n) is 17.2. The molecule has 1 saturated heterocycles. The molecule has 0 atom stereocenters. The largest absolute Gasteiger partial charge is 0.496 e. The molecule has 0 radical (unpaired) electrons. The van der Waals surface area contributed by atoms with Gasteiger partial charge < -0.3 is 29.7 Å². The third-order valence-electron chi connectivity index (χ3n) is 4.75. The van der Waals surface area contributed by atoms with Gasteiger partial charge in [-0.25, -0.2) is 9.38 Å². The van der Waals surface area contributed by atoms with Crippen LogP contribution in [0.5, 0.6) is 17.2 Å². The summed E-state index contributed by atoms with van der Waals surface area (Å²) in [4.78, 5) is 8.68. The fraction of sp³-hybridized carbons (Fsp3) is 0.381. The Hall–Kier alpha value is -2.43. The van der Waals surface area contributed by atoms with Gasteiger partial charge in [0.1, 0.15) is 29.7 Å². The maximum Gasteiger partial charge on any atom is 0.191 e. The van der Waals surface area contributed by atoms with Gasteiger partial charge in [0.2, 0.25) is 0 Å². The van der Waals surface area contributed by atoms with Crippen LogP contribution in [0.2, 0.25) is 0 Å². The number of halogens is 2. The molecule has 1 fully saturated rings. The van der Waals surface area contributed by atoms with E-state index in [9.17, 15) is 4.39 Å². The van der Waals surface area contributed by atoms with Gasteiger partial charge in [0.05, 0.1) is 20.8 Å². The van der Waals surface area contributed by atoms with Crippen molar-refractivity contribution in [3.8, 4) is 17.2 Å². The van der Waals surface area contributed by atoms with E-state index >= 15 is 0 Å². The van der Waals surface area contributed by atoms with Crippen LogP contribution in [0, 0.1) is 5.82 Å². The second kappa shape index (κ2) is 11.7. The number of rotatable bonds is 7. The van der Waals surface area contributed by atoms with Gasteiger partial charge in [-0.05, 0) is 24.3 Å². The number of guanidine groups is 1. The van der Waals surface area contributed by atoms with Gasteiger partial charge in [-0.1, -0.05) is 0 Å². The minimum atomic E-state index is -0.224. The van der Waals surface area contributed by atoms with E-state index in [0.717, 1.165) is 31.9 Å². The fourth-order valence-corrected chi connectivity index (χ4v) is 3.13. The first-order valence-electron chi connectivity index (χ1n) is 9.50. The van der Waals surface area contributed by atoms with Crippen molar-refractivity contribution in [1.82, 2.24) is 4.90 Å². The average molecular weight is 530 g/mol. The molecule has 0 saturated carbocycles. The summed E-state index contributed by atoms with van der Waals surface area (Å²) in [6.07, 6.45) is 0. The van der Waals surface area contributed by atoms with Crippen LogP contribution in [0.15, 0.2) is 47.5 Å². The molecule has 9 heteroatoms. The third kappa shape index (κ3) is 6.54. The van der Waals surface area contributed by atoms with Crippen molar-refractivity contribution in [3.05, 3.63) is 48.3 Å². The summed E-state index contributed by atoms with van der Waals surface area (Å²) in [6.45, 7) is 3.99. The highest BCUT2D eigenvalue weighted by molar-refractivity contribution is 14.0. The molecule has 0 aromatic heterocycles. The first kappa shape index (κ1) is 23.8. The molecule has 7 nitrogen and oxygen atoms in total. The molecule has 0 aliphatic carbocycles. The summed E-state index contributed by atoms with van der Waals surface area (Å²) < 4.78 is 29.3. The third-order valence-corrected chi connectivity index (χ3v) is 4.75. The van der Waals surface area contributed by atoms with Gasteiger partial charge in [0, 0.05) is 50.1 Å². The number of anilines is 1. The van der Waals surface area contributed by atoms with Crippen molar-refractivity contribution >= 4 is 35.6 Å². The summed E-state index contributed by atoms with van der Waals surface area (Å²) >= 11 is 0. The summed E-state index contributed by atoms with van der Waals surface area (Å²) in [5.41, 5.74) is 7.15. The van der Waals surface area contributed by atoms with E-state index in [2.05, 4.69) is 14.8 Å². The van der Waals surface area contributed by atoms with Gasteiger partial charge in [-0.15, -0.1) is 24.0 Å². The molecule has 0 spiro atoms. The number of benzene rings is 2. The quantitative estimate of drug-likeness (QED) is 0.257. The Labute approximate surface area is 193 Å². The Kier molecular flexibility index (Phi) is 9.28. The summed E-state index contributed by atoms with van der Waals surface area (Å²) in [5.74, 6) is 2.28. The fourth-order valence-electron chi connectivity index (χ4n) is 3.13. The molecule has 0 unspecified atom stereocenters. The van der Waals surface area contributed by atoms with Crippen molar-refractivity contribution in [2.45, 2.75) is 0 Å². The van der Waals surface area contributed by atoms with Crippen LogP contribution >= 0.6 is 24.0 Å². The molecular weight excluding hydrogens is 502 g/mol. The van der Waals surface area contributed by atoms with Crippen LogP contribution < -0.4 is 24.8 Å². The molecule has 2 N–H and O–H groups in total. The minimum absolute atomic E-state index is 0. The van der Waals surface area contributed by atoms with E-state index in [-0.39, 0.29) is 29.8 Å². The van der Waals surface area contributed by atoms with Crippen LogP contribution in [0.3, 0.4) is 0 Å². The molecule has 2 aromatic rings. The molecule has 0 amide bonds. The summed E-state index contributed by atoms with van der Waals surface area (Å²) in [7, 11) is 3.19. The van der Waals surface area contributed by atoms with E-state index in [0.29, 0.717) is 36.4 Å². The van der Waals surface area contributed by atoms with Gasteiger partial charge in [-0.3, -0.25) is 0 Å². The van der Waals surface area contributed by atoms with E-state index < -0.39 is 0 Å². The maximum absolute atomic E-state index is 13.1. The predicted molar refractivity (Wildman–Crippen MR) is 127 cm³/mol. The SMILES string of the molecule is COc1cc(OC)cc(OCCN=C(N)N2CCN(c3ccc(F)cc3)CC2)c1.I. The lowest BCUT2D eigenvalue weighted by molar-refractivity contribution is 0.319. The lowest BCUT2D eigenvalue weighted by Crippen LogP contribution is -2.51. The van der Waals surface area contributed by atoms with E-state index in [4.69, 9.17) is 19.9 Å². The molecule has 1 heterocycles. The van der Waals surface area contributed by atoms with Crippen molar-refractivity contribution < 1.29 is 18.6 Å². The van der Waals surface area contributed by atoms with Crippen molar-refractivity contribution in [2.75, 3.05) is 58.5 Å². The molecular formula is C21H28FIN4O3. The van der Waals surface area contributed by atoms with Gasteiger partial charge in [-0.2, -0.15) is 0 Å². The monoisotopic (exact) mass is 530 g/mol. The van der Waals surface area contributed by atoms with Crippen LogP contribution in [0.4, 0.5) is 10.1 Å². The van der Waals surface area contributed by atoms with Gasteiger partial charge in [0.25, 0.3) is 0 Å². The van der Waals surface area contributed by atoms with Gasteiger partial charge in [0.15, 0.2) is 5.96 Å². The molecule has 1 aliphatic heterocycles. The number of nitrogens with zero attached hydrogens (tertiary/aromatic N) is 3. The average Bonchev–Trinajstić information content (AvgIpc) is 2.77. The first-order valence-corrected chi connectivity index (χ1v) is 9.50. The van der Waals surface area contributed by atoms with Crippen LogP contribution in [-0.2, 0) is 0 Å². The molecule has 164 valence electrons. The molecule has 2 aromatic carbocycles. The number of ether oxygens (including phenoxy) is 3. The second-order valence-corrected chi connectivity index (χ2v) is 6.59. The zero-order chi connectivity index (χ0) is 20.6. The number of methoxy groups -OCH3 is 2. The van der Waals surface area contributed by atoms with Crippen molar-refractivity contribution in [2.24, 2.45) is 10.7 Å². The first-order chi connectivity index (χ1) is 14.1. The summed E-state index contributed by atoms with van der Waals surface area (Å²) in [6, 6.07) is 11.9. The van der Waals surface area contributed by atoms with Crippen molar-refractivity contribution in [1.29, 1.82) is 0 Å². The number of nitrogens with two attached hydrogens (primary N) is 1. The Morgan fingerprint density at radius 2 is 1.53 bits per heavy atom. The van der Waals surface area contributed by atoms with Gasteiger partial charge >= 0.3 is 0 Å². The molecule has 3 rings (SSSR count). The Bertz CT molecular complexity index is 805. The minimum Gasteiger partial charge on any atom is -0.496 e. The number of hydrogen-bond acceptors (Lipinski definition) is 5. The molecule has 30 heavy (non-hydrogen) atoms. The number of aliphatic imine (C=N–C) groups is 1. The summed E-state index contributed by atoms with van der Waals surface area (Å²) in [5, 5.41) is 0. The maximum atomic E-state index is 13.1. The highest BCUT2D eigenvalue weighted by Crippen LogP contribution is 2.27. The lowest BCUT2D eigenvalue weighted by atomic mass is 10.2. The van der Waals surface area contributed by atoms with E-state index in [1.165, 1.54) is 12.1 Å². The highest BCUT2D eigenvalue weighted by atomic mass is 127. The number of piperazine rings is 1. The lowest BCUT2D eigenvalue weighted by Gasteiger charge is -2.36.